The topological polar surface area (TPSA) is 97.4 Å². The van der Waals surface area contributed by atoms with Gasteiger partial charge < -0.3 is 9.73 Å². The highest BCUT2D eigenvalue weighted by Crippen LogP contribution is 2.07. The van der Waals surface area contributed by atoms with E-state index in [1.165, 1.54) is 12.3 Å². The van der Waals surface area contributed by atoms with Gasteiger partial charge in [0.2, 0.25) is 0 Å². The van der Waals surface area contributed by atoms with Gasteiger partial charge in [-0.2, -0.15) is 0 Å². The van der Waals surface area contributed by atoms with E-state index in [0.29, 0.717) is 11.3 Å². The first kappa shape index (κ1) is 13.6. The Kier molecular flexibility index (Phi) is 4.31. The van der Waals surface area contributed by atoms with E-state index in [1.807, 2.05) is 5.43 Å². The number of hydrazine groups is 1. The van der Waals surface area contributed by atoms with Crippen LogP contribution < -0.4 is 16.6 Å². The minimum Gasteiger partial charge on any atom is -0.465 e. The molecule has 6 nitrogen and oxygen atoms in total. The minimum absolute atomic E-state index is 0.00342. The fraction of sp³-hybridized carbons (Fsp3) is 0. The van der Waals surface area contributed by atoms with Gasteiger partial charge in [-0.15, -0.1) is 0 Å². The second kappa shape index (κ2) is 6.35. The molecule has 102 valence electrons. The van der Waals surface area contributed by atoms with Crippen LogP contribution in [0.5, 0.6) is 0 Å². The maximum absolute atomic E-state index is 12.0. The monoisotopic (exact) mass is 271 g/mol. The second-order valence-electron chi connectivity index (χ2n) is 3.87. The van der Waals surface area contributed by atoms with E-state index in [4.69, 9.17) is 10.3 Å². The van der Waals surface area contributed by atoms with Crippen LogP contribution in [0.25, 0.3) is 6.08 Å². The van der Waals surface area contributed by atoms with Crippen molar-refractivity contribution in [1.82, 2.24) is 10.7 Å². The Labute approximate surface area is 115 Å². The molecule has 0 fully saturated rings. The number of furan rings is 1. The molecule has 1 aromatic heterocycles. The third-order valence-electron chi connectivity index (χ3n) is 2.49. The van der Waals surface area contributed by atoms with Gasteiger partial charge in [-0.1, -0.05) is 18.2 Å². The lowest BCUT2D eigenvalue weighted by atomic mass is 10.2. The Bertz CT molecular complexity index is 618. The molecule has 0 aliphatic carbocycles. The van der Waals surface area contributed by atoms with E-state index in [1.54, 1.807) is 42.5 Å². The molecule has 1 heterocycles. The fourth-order valence-corrected chi connectivity index (χ4v) is 1.54. The summed E-state index contributed by atoms with van der Waals surface area (Å²) in [5.41, 5.74) is 2.40. The lowest BCUT2D eigenvalue weighted by molar-refractivity contribution is -0.117. The van der Waals surface area contributed by atoms with E-state index in [0.717, 1.165) is 0 Å². The minimum atomic E-state index is -0.620. The van der Waals surface area contributed by atoms with Crippen molar-refractivity contribution in [2.75, 3.05) is 0 Å². The number of nitrogens with two attached hydrogens (primary N) is 1. The third-order valence-corrected chi connectivity index (χ3v) is 2.49. The van der Waals surface area contributed by atoms with Crippen LogP contribution in [0.1, 0.15) is 16.1 Å². The van der Waals surface area contributed by atoms with Crippen molar-refractivity contribution in [2.24, 2.45) is 5.84 Å². The molecular formula is C14H13N3O3. The molecule has 2 rings (SSSR count). The zero-order valence-electron chi connectivity index (χ0n) is 10.5. The summed E-state index contributed by atoms with van der Waals surface area (Å²) in [4.78, 5) is 23.6. The quantitative estimate of drug-likeness (QED) is 0.335. The first-order valence-electron chi connectivity index (χ1n) is 5.83. The molecule has 20 heavy (non-hydrogen) atoms. The van der Waals surface area contributed by atoms with Crippen LogP contribution in [0, 0.1) is 0 Å². The summed E-state index contributed by atoms with van der Waals surface area (Å²) in [5, 5.41) is 2.49. The van der Waals surface area contributed by atoms with Crippen molar-refractivity contribution in [3.8, 4) is 0 Å². The Morgan fingerprint density at radius 2 is 1.85 bits per heavy atom. The third kappa shape index (κ3) is 3.33. The summed E-state index contributed by atoms with van der Waals surface area (Å²) in [6, 6.07) is 11.9. The number of carbonyl (C=O) groups excluding carboxylic acids is 2. The number of hydrogen-bond donors (Lipinski definition) is 3. The Balaban J connectivity index is 2.21. The summed E-state index contributed by atoms with van der Waals surface area (Å²) in [7, 11) is 0. The van der Waals surface area contributed by atoms with Crippen LogP contribution in [0.15, 0.2) is 58.8 Å². The van der Waals surface area contributed by atoms with Gasteiger partial charge in [0.05, 0.1) is 6.26 Å². The maximum atomic E-state index is 12.0. The van der Waals surface area contributed by atoms with Gasteiger partial charge >= 0.3 is 0 Å². The Hall–Kier alpha value is -2.86. The molecular weight excluding hydrogens is 258 g/mol. The molecule has 0 saturated carbocycles. The maximum Gasteiger partial charge on any atom is 0.281 e. The highest BCUT2D eigenvalue weighted by atomic mass is 16.3. The van der Waals surface area contributed by atoms with Gasteiger partial charge in [0.15, 0.2) is 0 Å². The van der Waals surface area contributed by atoms with Gasteiger partial charge in [0.25, 0.3) is 11.8 Å². The summed E-state index contributed by atoms with van der Waals surface area (Å²) in [6.45, 7) is 0. The van der Waals surface area contributed by atoms with Crippen molar-refractivity contribution in [3.63, 3.8) is 0 Å². The Morgan fingerprint density at radius 1 is 1.10 bits per heavy atom. The van der Waals surface area contributed by atoms with Gasteiger partial charge in [-0.25, -0.2) is 5.84 Å². The molecule has 0 saturated heterocycles. The highest BCUT2D eigenvalue weighted by molar-refractivity contribution is 6.04. The van der Waals surface area contributed by atoms with Gasteiger partial charge in [-0.3, -0.25) is 15.0 Å². The standard InChI is InChI=1S/C14H13N3O3/c15-17-14(19)12(9-11-7-4-8-20-11)16-13(18)10-5-2-1-3-6-10/h1-9H,15H2,(H,16,18)(H,17,19)/b12-9+. The zero-order chi connectivity index (χ0) is 14.4. The number of nitrogens with one attached hydrogen (secondary N) is 2. The smallest absolute Gasteiger partial charge is 0.281 e. The first-order valence-corrected chi connectivity index (χ1v) is 5.83. The van der Waals surface area contributed by atoms with E-state index in [2.05, 4.69) is 5.32 Å². The molecule has 2 aromatic rings. The van der Waals surface area contributed by atoms with Crippen molar-refractivity contribution >= 4 is 17.9 Å². The molecule has 0 aliphatic heterocycles. The number of rotatable bonds is 4. The predicted octanol–water partition coefficient (Wildman–Crippen LogP) is 1.04. The van der Waals surface area contributed by atoms with Crippen LogP contribution in [0.3, 0.4) is 0 Å². The summed E-state index contributed by atoms with van der Waals surface area (Å²) >= 11 is 0. The van der Waals surface area contributed by atoms with E-state index in [9.17, 15) is 9.59 Å². The Morgan fingerprint density at radius 3 is 2.45 bits per heavy atom. The zero-order valence-corrected chi connectivity index (χ0v) is 10.5. The van der Waals surface area contributed by atoms with Crippen molar-refractivity contribution in [1.29, 1.82) is 0 Å². The summed E-state index contributed by atoms with van der Waals surface area (Å²) in [5.74, 6) is 4.49. The lowest BCUT2D eigenvalue weighted by Crippen LogP contribution is -2.38. The normalized spacial score (nSPS) is 10.9. The average molecular weight is 271 g/mol. The summed E-state index contributed by atoms with van der Waals surface area (Å²) < 4.78 is 5.10. The van der Waals surface area contributed by atoms with Crippen LogP contribution in [0.2, 0.25) is 0 Å². The molecule has 2 amide bonds. The molecule has 4 N–H and O–H groups in total. The molecule has 1 aromatic carbocycles. The van der Waals surface area contributed by atoms with Gasteiger partial charge in [-0.05, 0) is 24.3 Å². The van der Waals surface area contributed by atoms with Crippen LogP contribution in [-0.4, -0.2) is 11.8 Å². The predicted molar refractivity (Wildman–Crippen MR) is 72.9 cm³/mol. The van der Waals surface area contributed by atoms with Crippen molar-refractivity contribution in [3.05, 3.63) is 65.7 Å². The van der Waals surface area contributed by atoms with Crippen molar-refractivity contribution < 1.29 is 14.0 Å². The van der Waals surface area contributed by atoms with E-state index in [-0.39, 0.29) is 5.70 Å². The molecule has 0 spiro atoms. The molecule has 0 bridgehead atoms. The molecule has 6 heteroatoms. The number of amides is 2. The van der Waals surface area contributed by atoms with E-state index < -0.39 is 11.8 Å². The lowest BCUT2D eigenvalue weighted by Gasteiger charge is -2.08. The van der Waals surface area contributed by atoms with Gasteiger partial charge in [0, 0.05) is 11.6 Å². The van der Waals surface area contributed by atoms with Crippen LogP contribution in [-0.2, 0) is 4.79 Å². The number of carbonyl (C=O) groups is 2. The average Bonchev–Trinajstić information content (AvgIpc) is 2.99. The SMILES string of the molecule is NNC(=O)/C(=C\c1ccco1)NC(=O)c1ccccc1. The molecule has 0 radical (unpaired) electrons. The summed E-state index contributed by atoms with van der Waals surface area (Å²) in [6.07, 6.45) is 2.85. The first-order chi connectivity index (χ1) is 9.70. The fourth-order valence-electron chi connectivity index (χ4n) is 1.54. The van der Waals surface area contributed by atoms with E-state index >= 15 is 0 Å². The second-order valence-corrected chi connectivity index (χ2v) is 3.87. The van der Waals surface area contributed by atoms with Crippen LogP contribution >= 0.6 is 0 Å². The molecule has 0 aliphatic rings. The number of hydrogen-bond acceptors (Lipinski definition) is 4. The van der Waals surface area contributed by atoms with Crippen LogP contribution in [0.4, 0.5) is 0 Å². The molecule has 0 atom stereocenters. The van der Waals surface area contributed by atoms with Crippen molar-refractivity contribution in [2.45, 2.75) is 0 Å². The molecule has 0 unspecified atom stereocenters. The van der Waals surface area contributed by atoms with Gasteiger partial charge in [0.1, 0.15) is 11.5 Å². The highest BCUT2D eigenvalue weighted by Gasteiger charge is 2.13. The number of benzene rings is 1. The largest absolute Gasteiger partial charge is 0.465 e.